The second kappa shape index (κ2) is 8.89. The van der Waals surface area contributed by atoms with Crippen LogP contribution in [0.5, 0.6) is 17.4 Å². The van der Waals surface area contributed by atoms with Crippen molar-refractivity contribution in [3.05, 3.63) is 72.2 Å². The minimum Gasteiger partial charge on any atom is -0.493 e. The lowest BCUT2D eigenvalue weighted by molar-refractivity contribution is 0.0962. The number of fused-ring (bicyclic) bond motifs is 1. The molecule has 0 radical (unpaired) electrons. The van der Waals surface area contributed by atoms with Crippen LogP contribution in [-0.4, -0.2) is 42.1 Å². The summed E-state index contributed by atoms with van der Waals surface area (Å²) in [7, 11) is 5.09. The third kappa shape index (κ3) is 4.15. The number of methoxy groups -OCH3 is 1. The van der Waals surface area contributed by atoms with E-state index >= 15 is 0 Å². The predicted octanol–water partition coefficient (Wildman–Crippen LogP) is 4.26. The van der Waals surface area contributed by atoms with E-state index in [-0.39, 0.29) is 5.91 Å². The van der Waals surface area contributed by atoms with Gasteiger partial charge in [0.15, 0.2) is 11.5 Å². The Balaban J connectivity index is 1.69. The third-order valence-electron chi connectivity index (χ3n) is 4.99. The van der Waals surface area contributed by atoms with Gasteiger partial charge in [-0.05, 0) is 37.3 Å². The molecule has 2 heterocycles. The number of aryl methyl sites for hydroxylation is 1. The maximum absolute atomic E-state index is 11.7. The smallest absolute Gasteiger partial charge is 0.252 e. The third-order valence-corrected chi connectivity index (χ3v) is 4.99. The van der Waals surface area contributed by atoms with E-state index in [1.54, 1.807) is 26.3 Å². The second-order valence-corrected chi connectivity index (χ2v) is 7.07. The number of amides is 1. The molecule has 1 amide bonds. The van der Waals surface area contributed by atoms with Gasteiger partial charge in [0, 0.05) is 43.5 Å². The molecule has 2 aromatic carbocycles. The average molecular weight is 429 g/mol. The fourth-order valence-corrected chi connectivity index (χ4v) is 3.34. The first-order valence-corrected chi connectivity index (χ1v) is 10.0. The molecule has 0 saturated carbocycles. The number of benzene rings is 2. The van der Waals surface area contributed by atoms with E-state index in [0.29, 0.717) is 28.8 Å². The summed E-state index contributed by atoms with van der Waals surface area (Å²) >= 11 is 0. The second-order valence-electron chi connectivity index (χ2n) is 7.07. The van der Waals surface area contributed by atoms with Crippen LogP contribution < -0.4 is 19.7 Å². The van der Waals surface area contributed by atoms with Crippen LogP contribution in [-0.2, 0) is 0 Å². The predicted molar refractivity (Wildman–Crippen MR) is 123 cm³/mol. The molecule has 0 fully saturated rings. The van der Waals surface area contributed by atoms with Crippen LogP contribution in [0.4, 0.5) is 11.5 Å². The van der Waals surface area contributed by atoms with Gasteiger partial charge in [-0.3, -0.25) is 4.79 Å². The summed E-state index contributed by atoms with van der Waals surface area (Å²) in [5.41, 5.74) is 2.18. The van der Waals surface area contributed by atoms with E-state index in [1.807, 2.05) is 61.3 Å². The number of carbonyl (C=O) groups excluding carboxylic acids is 1. The lowest BCUT2D eigenvalue weighted by atomic mass is 10.2. The molecule has 1 N–H and O–H groups in total. The van der Waals surface area contributed by atoms with Gasteiger partial charge >= 0.3 is 0 Å². The van der Waals surface area contributed by atoms with Crippen LogP contribution in [0.2, 0.25) is 0 Å². The summed E-state index contributed by atoms with van der Waals surface area (Å²) in [6.45, 7) is 1.88. The summed E-state index contributed by atoms with van der Waals surface area (Å²) in [5, 5.41) is 3.51. The highest BCUT2D eigenvalue weighted by atomic mass is 16.5. The van der Waals surface area contributed by atoms with Crippen molar-refractivity contribution in [1.29, 1.82) is 0 Å². The van der Waals surface area contributed by atoms with Gasteiger partial charge in [0.05, 0.1) is 18.2 Å². The van der Waals surface area contributed by atoms with Crippen molar-refractivity contribution >= 4 is 28.3 Å². The van der Waals surface area contributed by atoms with E-state index in [9.17, 15) is 4.79 Å². The van der Waals surface area contributed by atoms with Crippen molar-refractivity contribution in [2.24, 2.45) is 0 Å². The van der Waals surface area contributed by atoms with Crippen molar-refractivity contribution < 1.29 is 14.3 Å². The number of carbonyl (C=O) groups is 1. The van der Waals surface area contributed by atoms with Crippen molar-refractivity contribution in [3.63, 3.8) is 0 Å². The molecule has 0 spiro atoms. The number of ether oxygens (including phenoxy) is 2. The van der Waals surface area contributed by atoms with Crippen molar-refractivity contribution in [3.8, 4) is 17.4 Å². The Morgan fingerprint density at radius 1 is 1.03 bits per heavy atom. The lowest BCUT2D eigenvalue weighted by Gasteiger charge is -2.22. The largest absolute Gasteiger partial charge is 0.493 e. The topological polar surface area (TPSA) is 89.5 Å². The highest BCUT2D eigenvalue weighted by Crippen LogP contribution is 2.37. The Bertz CT molecular complexity index is 1270. The molecule has 0 aliphatic rings. The first-order chi connectivity index (χ1) is 15.5. The number of aromatic nitrogens is 3. The molecule has 0 aliphatic heterocycles. The van der Waals surface area contributed by atoms with Gasteiger partial charge in [-0.25, -0.2) is 15.0 Å². The molecule has 162 valence electrons. The molecule has 4 aromatic rings. The van der Waals surface area contributed by atoms with Gasteiger partial charge in [-0.2, -0.15) is 0 Å². The van der Waals surface area contributed by atoms with Crippen LogP contribution >= 0.6 is 0 Å². The number of pyridine rings is 1. The Labute approximate surface area is 185 Å². The standard InChI is InChI=1S/C24H23N5O3/c1-15-27-19-8-6-5-7-18(19)23(28-15)29(3)17-10-11-20(31-4)21(13-17)32-22-12-9-16(14-26-22)24(30)25-2/h5-14H,1-4H3,(H,25,30). The number of para-hydroxylation sites is 1. The van der Waals surface area contributed by atoms with Crippen molar-refractivity contribution in [2.45, 2.75) is 6.92 Å². The Kier molecular flexibility index (Phi) is 5.85. The molecule has 8 heteroatoms. The molecule has 8 nitrogen and oxygen atoms in total. The molecule has 2 aromatic heterocycles. The normalized spacial score (nSPS) is 10.6. The zero-order chi connectivity index (χ0) is 22.7. The first-order valence-electron chi connectivity index (χ1n) is 10.0. The Hall–Kier alpha value is -4.20. The Morgan fingerprint density at radius 3 is 2.56 bits per heavy atom. The van der Waals surface area contributed by atoms with Crippen LogP contribution in [0.15, 0.2) is 60.8 Å². The van der Waals surface area contributed by atoms with E-state index in [4.69, 9.17) is 9.47 Å². The van der Waals surface area contributed by atoms with Crippen molar-refractivity contribution in [2.75, 3.05) is 26.1 Å². The summed E-state index contributed by atoms with van der Waals surface area (Å²) in [5.74, 6) is 2.67. The van der Waals surface area contributed by atoms with E-state index < -0.39 is 0 Å². The van der Waals surface area contributed by atoms with Crippen molar-refractivity contribution in [1.82, 2.24) is 20.3 Å². The monoisotopic (exact) mass is 429 g/mol. The zero-order valence-electron chi connectivity index (χ0n) is 18.3. The maximum atomic E-state index is 11.7. The minimum atomic E-state index is -0.211. The van der Waals surface area contributed by atoms with Gasteiger partial charge in [0.25, 0.3) is 5.91 Å². The van der Waals surface area contributed by atoms with Crippen LogP contribution in [0.25, 0.3) is 10.9 Å². The first kappa shape index (κ1) is 21.0. The van der Waals surface area contributed by atoms with Crippen LogP contribution in [0.1, 0.15) is 16.2 Å². The number of rotatable bonds is 6. The molecule has 0 bridgehead atoms. The van der Waals surface area contributed by atoms with Crippen LogP contribution in [0.3, 0.4) is 0 Å². The van der Waals surface area contributed by atoms with Gasteiger partial charge in [0.1, 0.15) is 11.6 Å². The highest BCUT2D eigenvalue weighted by molar-refractivity contribution is 5.93. The van der Waals surface area contributed by atoms with E-state index in [2.05, 4.69) is 20.3 Å². The molecule has 0 atom stereocenters. The summed E-state index contributed by atoms with van der Waals surface area (Å²) in [6.07, 6.45) is 1.46. The summed E-state index contributed by atoms with van der Waals surface area (Å²) in [4.78, 5) is 27.1. The Morgan fingerprint density at radius 2 is 1.84 bits per heavy atom. The van der Waals surface area contributed by atoms with Gasteiger partial charge < -0.3 is 19.7 Å². The van der Waals surface area contributed by atoms with Gasteiger partial charge in [-0.15, -0.1) is 0 Å². The number of hydrogen-bond donors (Lipinski definition) is 1. The van der Waals surface area contributed by atoms with Gasteiger partial charge in [0.2, 0.25) is 5.88 Å². The van der Waals surface area contributed by atoms with Crippen LogP contribution in [0, 0.1) is 6.92 Å². The molecule has 0 saturated heterocycles. The number of hydrogen-bond acceptors (Lipinski definition) is 7. The average Bonchev–Trinajstić information content (AvgIpc) is 2.83. The molecule has 0 aliphatic carbocycles. The van der Waals surface area contributed by atoms with Gasteiger partial charge in [-0.1, -0.05) is 12.1 Å². The number of nitrogens with one attached hydrogen (secondary N) is 1. The molecular formula is C24H23N5O3. The number of nitrogens with zero attached hydrogens (tertiary/aromatic N) is 4. The molecule has 4 rings (SSSR count). The fraction of sp³-hybridized carbons (Fsp3) is 0.167. The summed E-state index contributed by atoms with van der Waals surface area (Å²) < 4.78 is 11.4. The fourth-order valence-electron chi connectivity index (χ4n) is 3.34. The minimum absolute atomic E-state index is 0.211. The molecular weight excluding hydrogens is 406 g/mol. The van der Waals surface area contributed by atoms with E-state index in [1.165, 1.54) is 6.20 Å². The summed E-state index contributed by atoms with van der Waals surface area (Å²) in [6, 6.07) is 16.8. The SMILES string of the molecule is CNC(=O)c1ccc(Oc2cc(N(C)c3nc(C)nc4ccccc34)ccc2OC)nc1. The van der Waals surface area contributed by atoms with E-state index in [0.717, 1.165) is 22.4 Å². The molecule has 32 heavy (non-hydrogen) atoms. The quantitative estimate of drug-likeness (QED) is 0.490. The molecule has 0 unspecified atom stereocenters. The maximum Gasteiger partial charge on any atom is 0.252 e. The lowest BCUT2D eigenvalue weighted by Crippen LogP contribution is -2.17. The highest BCUT2D eigenvalue weighted by Gasteiger charge is 2.15. The zero-order valence-corrected chi connectivity index (χ0v) is 18.3. The number of anilines is 2.